The topological polar surface area (TPSA) is 55.4 Å². The highest BCUT2D eigenvalue weighted by Gasteiger charge is 2.13. The molecule has 0 heterocycles. The molecule has 0 spiro atoms. The molecule has 4 heteroatoms. The molecule has 0 fully saturated rings. The second kappa shape index (κ2) is 6.19. The zero-order chi connectivity index (χ0) is 13.7. The van der Waals surface area contributed by atoms with Crippen LogP contribution < -0.4 is 5.32 Å². The Morgan fingerprint density at radius 3 is 2.28 bits per heavy atom. The lowest BCUT2D eigenvalue weighted by atomic mass is 10.1. The van der Waals surface area contributed by atoms with Crippen molar-refractivity contribution in [1.29, 1.82) is 0 Å². The van der Waals surface area contributed by atoms with Crippen LogP contribution in [0.3, 0.4) is 0 Å². The maximum Gasteiger partial charge on any atom is 0.307 e. The average molecular weight is 249 g/mol. The van der Waals surface area contributed by atoms with E-state index in [0.717, 1.165) is 11.1 Å². The number of aryl methyl sites for hydroxylation is 2. The zero-order valence-electron chi connectivity index (χ0n) is 11.2. The SMILES string of the molecule is COC(=O)CC(C)NC(=O)c1cc(C)cc(C)c1. The van der Waals surface area contributed by atoms with Gasteiger partial charge in [0.1, 0.15) is 0 Å². The molecular weight excluding hydrogens is 230 g/mol. The molecule has 0 aliphatic heterocycles. The molecule has 98 valence electrons. The number of amides is 1. The largest absolute Gasteiger partial charge is 0.469 e. The second-order valence-electron chi connectivity index (χ2n) is 4.53. The van der Waals surface area contributed by atoms with E-state index in [-0.39, 0.29) is 24.3 Å². The molecule has 18 heavy (non-hydrogen) atoms. The molecule has 0 saturated heterocycles. The van der Waals surface area contributed by atoms with E-state index < -0.39 is 0 Å². The zero-order valence-corrected chi connectivity index (χ0v) is 11.2. The Balaban J connectivity index is 2.67. The molecule has 0 aromatic heterocycles. The van der Waals surface area contributed by atoms with E-state index in [4.69, 9.17) is 0 Å². The van der Waals surface area contributed by atoms with Gasteiger partial charge >= 0.3 is 5.97 Å². The summed E-state index contributed by atoms with van der Waals surface area (Å²) in [5, 5.41) is 2.78. The van der Waals surface area contributed by atoms with Crippen molar-refractivity contribution in [2.45, 2.75) is 33.2 Å². The fourth-order valence-electron chi connectivity index (χ4n) is 1.80. The number of nitrogens with one attached hydrogen (secondary N) is 1. The number of esters is 1. The Labute approximate surface area is 107 Å². The van der Waals surface area contributed by atoms with Crippen molar-refractivity contribution < 1.29 is 14.3 Å². The van der Waals surface area contributed by atoms with E-state index in [0.29, 0.717) is 5.56 Å². The summed E-state index contributed by atoms with van der Waals surface area (Å²) in [6.45, 7) is 5.67. The third kappa shape index (κ3) is 4.20. The molecule has 1 aromatic rings. The second-order valence-corrected chi connectivity index (χ2v) is 4.53. The Bertz CT molecular complexity index is 434. The highest BCUT2D eigenvalue weighted by atomic mass is 16.5. The number of ether oxygens (including phenoxy) is 1. The van der Waals surface area contributed by atoms with Crippen LogP contribution in [0.2, 0.25) is 0 Å². The molecule has 1 N–H and O–H groups in total. The fourth-order valence-corrected chi connectivity index (χ4v) is 1.80. The fraction of sp³-hybridized carbons (Fsp3) is 0.429. The van der Waals surface area contributed by atoms with Gasteiger partial charge in [0.05, 0.1) is 13.5 Å². The highest BCUT2D eigenvalue weighted by molar-refractivity contribution is 5.95. The van der Waals surface area contributed by atoms with Gasteiger partial charge < -0.3 is 10.1 Å². The molecule has 0 bridgehead atoms. The molecule has 0 saturated carbocycles. The third-order valence-electron chi connectivity index (χ3n) is 2.56. The first-order chi connectivity index (χ1) is 8.42. The Hall–Kier alpha value is -1.84. The van der Waals surface area contributed by atoms with Gasteiger partial charge in [0.2, 0.25) is 0 Å². The van der Waals surface area contributed by atoms with Gasteiger partial charge in [-0.3, -0.25) is 9.59 Å². The summed E-state index contributed by atoms with van der Waals surface area (Å²) in [5.74, 6) is -0.499. The maximum atomic E-state index is 12.0. The smallest absolute Gasteiger partial charge is 0.307 e. The van der Waals surface area contributed by atoms with Gasteiger partial charge in [-0.05, 0) is 32.9 Å². The minimum absolute atomic E-state index is 0.168. The highest BCUT2D eigenvalue weighted by Crippen LogP contribution is 2.09. The molecule has 1 unspecified atom stereocenters. The van der Waals surface area contributed by atoms with Crippen LogP contribution >= 0.6 is 0 Å². The molecule has 1 aromatic carbocycles. The Morgan fingerprint density at radius 1 is 1.22 bits per heavy atom. The summed E-state index contributed by atoms with van der Waals surface area (Å²) in [5.41, 5.74) is 2.70. The van der Waals surface area contributed by atoms with Crippen LogP contribution in [0.15, 0.2) is 18.2 Å². The van der Waals surface area contributed by atoms with Gasteiger partial charge in [-0.1, -0.05) is 17.2 Å². The molecule has 1 atom stereocenters. The summed E-state index contributed by atoms with van der Waals surface area (Å²) in [7, 11) is 1.33. The minimum Gasteiger partial charge on any atom is -0.469 e. The van der Waals surface area contributed by atoms with Crippen LogP contribution in [0, 0.1) is 13.8 Å². The van der Waals surface area contributed by atoms with Gasteiger partial charge in [0, 0.05) is 11.6 Å². The van der Waals surface area contributed by atoms with Crippen molar-refractivity contribution >= 4 is 11.9 Å². The number of benzene rings is 1. The summed E-state index contributed by atoms with van der Waals surface area (Å²) in [6.07, 6.45) is 0.174. The quantitative estimate of drug-likeness (QED) is 0.830. The van der Waals surface area contributed by atoms with E-state index in [1.54, 1.807) is 6.92 Å². The van der Waals surface area contributed by atoms with Crippen molar-refractivity contribution in [3.05, 3.63) is 34.9 Å². The van der Waals surface area contributed by atoms with Gasteiger partial charge in [0.15, 0.2) is 0 Å². The molecule has 0 radical (unpaired) electrons. The first-order valence-electron chi connectivity index (χ1n) is 5.88. The minimum atomic E-state index is -0.330. The summed E-state index contributed by atoms with van der Waals surface area (Å²) < 4.78 is 4.56. The van der Waals surface area contributed by atoms with E-state index in [9.17, 15) is 9.59 Å². The molecule has 1 rings (SSSR count). The monoisotopic (exact) mass is 249 g/mol. The van der Waals surface area contributed by atoms with Crippen LogP contribution in [0.25, 0.3) is 0 Å². The molecule has 0 aliphatic carbocycles. The predicted molar refractivity (Wildman–Crippen MR) is 69.5 cm³/mol. The predicted octanol–water partition coefficient (Wildman–Crippen LogP) is 1.98. The Morgan fingerprint density at radius 2 is 1.78 bits per heavy atom. The van der Waals surface area contributed by atoms with Crippen molar-refractivity contribution in [3.8, 4) is 0 Å². The maximum absolute atomic E-state index is 12.0. The van der Waals surface area contributed by atoms with Crippen LogP contribution in [-0.4, -0.2) is 25.0 Å². The Kier molecular flexibility index (Phi) is 4.89. The van der Waals surface area contributed by atoms with E-state index in [1.165, 1.54) is 7.11 Å². The third-order valence-corrected chi connectivity index (χ3v) is 2.56. The summed E-state index contributed by atoms with van der Waals surface area (Å²) in [6, 6.07) is 5.42. The number of rotatable bonds is 4. The molecule has 0 aliphatic rings. The summed E-state index contributed by atoms with van der Waals surface area (Å²) >= 11 is 0. The van der Waals surface area contributed by atoms with Gasteiger partial charge in [-0.25, -0.2) is 0 Å². The number of carbonyl (C=O) groups is 2. The number of methoxy groups -OCH3 is 1. The van der Waals surface area contributed by atoms with Crippen molar-refractivity contribution in [3.63, 3.8) is 0 Å². The van der Waals surface area contributed by atoms with E-state index in [1.807, 2.05) is 32.0 Å². The lowest BCUT2D eigenvalue weighted by Crippen LogP contribution is -2.34. The van der Waals surface area contributed by atoms with Crippen molar-refractivity contribution in [1.82, 2.24) is 5.32 Å². The average Bonchev–Trinajstić information content (AvgIpc) is 2.27. The number of hydrogen-bond acceptors (Lipinski definition) is 3. The van der Waals surface area contributed by atoms with Crippen molar-refractivity contribution in [2.24, 2.45) is 0 Å². The lowest BCUT2D eigenvalue weighted by Gasteiger charge is -2.13. The first-order valence-corrected chi connectivity index (χ1v) is 5.88. The standard InChI is InChI=1S/C14H19NO3/c1-9-5-10(2)7-12(6-9)14(17)15-11(3)8-13(16)18-4/h5-7,11H,8H2,1-4H3,(H,15,17). The van der Waals surface area contributed by atoms with Gasteiger partial charge in [-0.2, -0.15) is 0 Å². The van der Waals surface area contributed by atoms with E-state index >= 15 is 0 Å². The van der Waals surface area contributed by atoms with Crippen LogP contribution in [0.1, 0.15) is 34.8 Å². The lowest BCUT2D eigenvalue weighted by molar-refractivity contribution is -0.141. The molecule has 4 nitrogen and oxygen atoms in total. The van der Waals surface area contributed by atoms with Crippen LogP contribution in [0.5, 0.6) is 0 Å². The van der Waals surface area contributed by atoms with Crippen LogP contribution in [-0.2, 0) is 9.53 Å². The van der Waals surface area contributed by atoms with Crippen molar-refractivity contribution in [2.75, 3.05) is 7.11 Å². The van der Waals surface area contributed by atoms with Gasteiger partial charge in [-0.15, -0.1) is 0 Å². The van der Waals surface area contributed by atoms with Crippen LogP contribution in [0.4, 0.5) is 0 Å². The van der Waals surface area contributed by atoms with Gasteiger partial charge in [0.25, 0.3) is 5.91 Å². The van der Waals surface area contributed by atoms with E-state index in [2.05, 4.69) is 10.1 Å². The molecule has 1 amide bonds. The molecular formula is C14H19NO3. The normalized spacial score (nSPS) is 11.8. The number of carbonyl (C=O) groups excluding carboxylic acids is 2. The number of hydrogen-bond donors (Lipinski definition) is 1. The summed E-state index contributed by atoms with van der Waals surface area (Å²) in [4.78, 5) is 23.0. The first kappa shape index (κ1) is 14.2.